The number of ketones is 1. The van der Waals surface area contributed by atoms with Gasteiger partial charge in [-0.25, -0.2) is 4.98 Å². The van der Waals surface area contributed by atoms with Crippen LogP contribution in [0, 0.1) is 17.3 Å². The van der Waals surface area contributed by atoms with Gasteiger partial charge in [-0.05, 0) is 67.9 Å². The number of rotatable bonds is 5. The number of aromatic nitrogens is 1. The maximum absolute atomic E-state index is 14.4. The van der Waals surface area contributed by atoms with Crippen LogP contribution >= 0.6 is 22.9 Å². The number of hydrogen-bond donors (Lipinski definition) is 0. The van der Waals surface area contributed by atoms with Crippen molar-refractivity contribution in [3.8, 4) is 5.19 Å². The lowest BCUT2D eigenvalue weighted by atomic mass is 9.90. The van der Waals surface area contributed by atoms with Crippen molar-refractivity contribution in [2.45, 2.75) is 69.9 Å². The lowest BCUT2D eigenvalue weighted by molar-refractivity contribution is -0.150. The number of ether oxygens (including phenoxy) is 2. The summed E-state index contributed by atoms with van der Waals surface area (Å²) in [6.45, 7) is 0.302. The molecule has 1 aromatic heterocycles. The first-order valence-electron chi connectivity index (χ1n) is 15.2. The quantitative estimate of drug-likeness (QED) is 0.230. The smallest absolute Gasteiger partial charge is 0.312 e. The van der Waals surface area contributed by atoms with Crippen LogP contribution in [0.25, 0.3) is 10.2 Å². The highest BCUT2D eigenvalue weighted by Gasteiger charge is 2.61. The number of halogens is 1. The number of carbonyl (C=O) groups is 3. The van der Waals surface area contributed by atoms with E-state index in [4.69, 9.17) is 21.1 Å². The second-order valence-electron chi connectivity index (χ2n) is 12.1. The number of carbonyl (C=O) groups excluding carboxylic acids is 3. The average molecular weight is 621 g/mol. The van der Waals surface area contributed by atoms with Gasteiger partial charge in [0.2, 0.25) is 5.91 Å². The molecule has 0 radical (unpaired) electrons. The van der Waals surface area contributed by atoms with Gasteiger partial charge in [-0.3, -0.25) is 14.4 Å². The van der Waals surface area contributed by atoms with Gasteiger partial charge in [0, 0.05) is 23.8 Å². The van der Waals surface area contributed by atoms with Crippen LogP contribution in [0.5, 0.6) is 5.19 Å². The van der Waals surface area contributed by atoms with E-state index in [2.05, 4.69) is 17.1 Å². The Morgan fingerprint density at radius 3 is 2.72 bits per heavy atom. The minimum atomic E-state index is -0.855. The highest BCUT2D eigenvalue weighted by molar-refractivity contribution is 7.20. The van der Waals surface area contributed by atoms with E-state index in [1.807, 2.05) is 48.5 Å². The second-order valence-corrected chi connectivity index (χ2v) is 13.6. The molecule has 226 valence electrons. The van der Waals surface area contributed by atoms with Gasteiger partial charge in [-0.2, -0.15) is 0 Å². The summed E-state index contributed by atoms with van der Waals surface area (Å²) >= 11 is 7.60. The number of fused-ring (bicyclic) bond motifs is 3. The molecule has 5 atom stereocenters. The molecule has 9 heteroatoms. The van der Waals surface area contributed by atoms with E-state index in [1.165, 1.54) is 18.4 Å². The monoisotopic (exact) mass is 620 g/mol. The van der Waals surface area contributed by atoms with Gasteiger partial charge in [-0.15, -0.1) is 0 Å². The highest BCUT2D eigenvalue weighted by atomic mass is 35.5. The Hall–Kier alpha value is -3.23. The van der Waals surface area contributed by atoms with E-state index < -0.39 is 11.5 Å². The molecule has 1 amide bonds. The van der Waals surface area contributed by atoms with Gasteiger partial charge in [0.05, 0.1) is 35.3 Å². The highest BCUT2D eigenvalue weighted by Crippen LogP contribution is 2.57. The Morgan fingerprint density at radius 2 is 1.93 bits per heavy atom. The SMILES string of the molecule is COC(=O)[C@]12CC(=O)[C@@H]3C[C@@H](Oc4nc5ccccc5s4)CN3C(=O)[C@@H](Cc3ccc(Cl)cc3)CCCCC/C=C\[C@H]1C2. The molecule has 2 fully saturated rings. The van der Waals surface area contributed by atoms with Crippen LogP contribution < -0.4 is 4.74 Å². The normalized spacial score (nSPS) is 28.8. The standard InChI is InChI=1S/C34H37ClN2O5S/c1-41-32(40)34-19-24(34)10-6-4-2-3-5-9-23(17-22-13-15-25(35)16-14-22)31(39)37-21-26(18-28(37)29(38)20-34)42-33-36-27-11-7-8-12-30(27)43-33/h6-8,10-16,23-24,26,28H,2-5,9,17-21H2,1H3/b10-6-/t23-,24+,26-,28+,34-/m1/s1. The van der Waals surface area contributed by atoms with Crippen molar-refractivity contribution >= 4 is 50.8 Å². The van der Waals surface area contributed by atoms with Crippen molar-refractivity contribution in [2.75, 3.05) is 13.7 Å². The van der Waals surface area contributed by atoms with E-state index >= 15 is 0 Å². The molecule has 0 spiro atoms. The molecule has 1 saturated carbocycles. The fourth-order valence-electron chi connectivity index (χ4n) is 6.75. The topological polar surface area (TPSA) is 85.8 Å². The molecule has 0 N–H and O–H groups in total. The van der Waals surface area contributed by atoms with E-state index in [0.29, 0.717) is 36.0 Å². The first-order chi connectivity index (χ1) is 20.9. The first kappa shape index (κ1) is 29.8. The molecule has 6 rings (SSSR count). The number of esters is 1. The van der Waals surface area contributed by atoms with Gasteiger partial charge in [0.1, 0.15) is 6.10 Å². The molecule has 7 nitrogen and oxygen atoms in total. The van der Waals surface area contributed by atoms with Crippen molar-refractivity contribution in [1.82, 2.24) is 9.88 Å². The molecule has 2 aliphatic heterocycles. The number of amides is 1. The maximum atomic E-state index is 14.4. The summed E-state index contributed by atoms with van der Waals surface area (Å²) in [7, 11) is 1.38. The number of allylic oxidation sites excluding steroid dienone is 2. The van der Waals surface area contributed by atoms with Crippen molar-refractivity contribution < 1.29 is 23.9 Å². The Labute approximate surface area is 261 Å². The number of thiazole rings is 1. The number of methoxy groups -OCH3 is 1. The lowest BCUT2D eigenvalue weighted by Crippen LogP contribution is -2.45. The zero-order valence-corrected chi connectivity index (χ0v) is 25.9. The van der Waals surface area contributed by atoms with Crippen LogP contribution in [0.2, 0.25) is 5.02 Å². The zero-order chi connectivity index (χ0) is 30.0. The van der Waals surface area contributed by atoms with E-state index in [1.54, 1.807) is 4.90 Å². The molecule has 0 unspecified atom stereocenters. The van der Waals surface area contributed by atoms with Crippen molar-refractivity contribution in [3.63, 3.8) is 0 Å². The third-order valence-electron chi connectivity index (χ3n) is 9.21. The summed E-state index contributed by atoms with van der Waals surface area (Å²) < 4.78 is 12.5. The van der Waals surface area contributed by atoms with Crippen molar-refractivity contribution in [1.29, 1.82) is 0 Å². The lowest BCUT2D eigenvalue weighted by Gasteiger charge is -2.29. The number of hydrogen-bond acceptors (Lipinski definition) is 7. The summed E-state index contributed by atoms with van der Waals surface area (Å²) in [6, 6.07) is 14.8. The van der Waals surface area contributed by atoms with E-state index in [0.717, 1.165) is 47.9 Å². The molecular weight excluding hydrogens is 584 g/mol. The Kier molecular flexibility index (Phi) is 8.87. The van der Waals surface area contributed by atoms with Gasteiger partial charge in [-0.1, -0.05) is 72.2 Å². The number of para-hydroxylation sites is 1. The molecule has 43 heavy (non-hydrogen) atoms. The summed E-state index contributed by atoms with van der Waals surface area (Å²) in [6.07, 6.45) is 10.0. The fraction of sp³-hybridized carbons (Fsp3) is 0.471. The third kappa shape index (κ3) is 6.50. The number of benzene rings is 2. The predicted molar refractivity (Wildman–Crippen MR) is 167 cm³/mol. The molecule has 1 saturated heterocycles. The minimum Gasteiger partial charge on any atom is -0.469 e. The summed E-state index contributed by atoms with van der Waals surface area (Å²) in [5, 5.41) is 1.19. The fourth-order valence-corrected chi connectivity index (χ4v) is 7.75. The maximum Gasteiger partial charge on any atom is 0.312 e. The van der Waals surface area contributed by atoms with Gasteiger partial charge in [0.25, 0.3) is 5.19 Å². The number of nitrogens with zero attached hydrogens (tertiary/aromatic N) is 2. The van der Waals surface area contributed by atoms with Gasteiger partial charge in [0.15, 0.2) is 5.78 Å². The number of Topliss-reactive ketones (excluding diaryl/α,β-unsaturated/α-hetero) is 1. The summed E-state index contributed by atoms with van der Waals surface area (Å²) in [4.78, 5) is 47.8. The van der Waals surface area contributed by atoms with Gasteiger partial charge >= 0.3 is 5.97 Å². The summed E-state index contributed by atoms with van der Waals surface area (Å²) in [5.41, 5.74) is 1.04. The van der Waals surface area contributed by atoms with Crippen LogP contribution in [0.4, 0.5) is 0 Å². The van der Waals surface area contributed by atoms with Crippen LogP contribution in [-0.4, -0.2) is 53.3 Å². The van der Waals surface area contributed by atoms with Crippen molar-refractivity contribution in [2.24, 2.45) is 17.3 Å². The predicted octanol–water partition coefficient (Wildman–Crippen LogP) is 6.82. The van der Waals surface area contributed by atoms with Crippen molar-refractivity contribution in [3.05, 3.63) is 71.3 Å². The average Bonchev–Trinajstić information content (AvgIpc) is 3.32. The van der Waals surface area contributed by atoms with Gasteiger partial charge < -0.3 is 14.4 Å². The second kappa shape index (κ2) is 12.8. The largest absolute Gasteiger partial charge is 0.469 e. The van der Waals surface area contributed by atoms with Crippen LogP contribution in [0.3, 0.4) is 0 Å². The Morgan fingerprint density at radius 1 is 1.12 bits per heavy atom. The molecule has 3 aromatic rings. The van der Waals surface area contributed by atoms with Crippen LogP contribution in [-0.2, 0) is 25.5 Å². The Balaban J connectivity index is 1.29. The first-order valence-corrected chi connectivity index (χ1v) is 16.4. The van der Waals surface area contributed by atoms with Crippen LogP contribution in [0.1, 0.15) is 56.9 Å². The van der Waals surface area contributed by atoms with E-state index in [9.17, 15) is 14.4 Å². The minimum absolute atomic E-state index is 0.0213. The zero-order valence-electron chi connectivity index (χ0n) is 24.4. The Bertz CT molecular complexity index is 1490. The summed E-state index contributed by atoms with van der Waals surface area (Å²) in [5.74, 6) is -0.784. The molecule has 3 heterocycles. The third-order valence-corrected chi connectivity index (χ3v) is 10.4. The molecule has 0 bridgehead atoms. The molecule has 3 aliphatic rings. The molecule has 1 aliphatic carbocycles. The molecule has 2 aromatic carbocycles. The van der Waals surface area contributed by atoms with E-state index in [-0.39, 0.29) is 42.0 Å². The van der Waals surface area contributed by atoms with Crippen LogP contribution in [0.15, 0.2) is 60.7 Å². The molecular formula is C34H37ClN2O5S.